The molecule has 2 aromatic rings. The van der Waals surface area contributed by atoms with Gasteiger partial charge in [0.25, 0.3) is 5.91 Å². The fourth-order valence-electron chi connectivity index (χ4n) is 7.42. The number of esters is 1. The SMILES string of the molecule is C=CCOC(=O)[C@H]1[C@@H]2OC3(CC2Br)C(C(=O)N(CC=C)c2ccc(N(CC)CC)cc2)N([C@@H](CO)Cc2ccccc2)C(=O)[C@H]13. The fraction of sp³-hybridized carbons (Fsp3) is 0.457. The molecule has 2 bridgehead atoms. The van der Waals surface area contributed by atoms with Crippen molar-refractivity contribution in [3.8, 4) is 0 Å². The molecule has 45 heavy (non-hydrogen) atoms. The predicted octanol–water partition coefficient (Wildman–Crippen LogP) is 4.13. The summed E-state index contributed by atoms with van der Waals surface area (Å²) < 4.78 is 12.1. The first-order valence-electron chi connectivity index (χ1n) is 15.6. The molecule has 3 saturated heterocycles. The van der Waals surface area contributed by atoms with Gasteiger partial charge in [-0.15, -0.1) is 6.58 Å². The Labute approximate surface area is 273 Å². The van der Waals surface area contributed by atoms with Gasteiger partial charge in [0.1, 0.15) is 18.2 Å². The first kappa shape index (κ1) is 32.9. The van der Waals surface area contributed by atoms with Crippen LogP contribution in [-0.4, -0.2) is 89.3 Å². The number of rotatable bonds is 14. The number of hydrogen-bond acceptors (Lipinski definition) is 7. The number of halogens is 1. The van der Waals surface area contributed by atoms with E-state index < -0.39 is 41.6 Å². The van der Waals surface area contributed by atoms with Crippen LogP contribution in [0.5, 0.6) is 0 Å². The van der Waals surface area contributed by atoms with Gasteiger partial charge in [0.2, 0.25) is 5.91 Å². The molecule has 3 heterocycles. The van der Waals surface area contributed by atoms with Gasteiger partial charge in [-0.25, -0.2) is 0 Å². The lowest BCUT2D eigenvalue weighted by Crippen LogP contribution is -2.59. The zero-order valence-corrected chi connectivity index (χ0v) is 27.5. The second-order valence-electron chi connectivity index (χ2n) is 11.8. The van der Waals surface area contributed by atoms with E-state index in [1.165, 1.54) is 11.0 Å². The molecule has 9 nitrogen and oxygen atoms in total. The van der Waals surface area contributed by atoms with E-state index in [2.05, 4.69) is 47.8 Å². The number of ether oxygens (including phenoxy) is 2. The van der Waals surface area contributed by atoms with Gasteiger partial charge in [0, 0.05) is 35.8 Å². The number of fused-ring (bicyclic) bond motifs is 1. The van der Waals surface area contributed by atoms with Crippen molar-refractivity contribution in [1.82, 2.24) is 4.90 Å². The summed E-state index contributed by atoms with van der Waals surface area (Å²) in [6.07, 6.45) is 3.15. The average molecular weight is 681 g/mol. The summed E-state index contributed by atoms with van der Waals surface area (Å²) in [5.74, 6) is -3.15. The van der Waals surface area contributed by atoms with Crippen molar-refractivity contribution in [2.24, 2.45) is 11.8 Å². The number of carbonyl (C=O) groups excluding carboxylic acids is 3. The number of amides is 2. The number of likely N-dealkylation sites (tertiary alicyclic amines) is 1. The minimum Gasteiger partial charge on any atom is -0.461 e. The Morgan fingerprint density at radius 1 is 1.11 bits per heavy atom. The first-order chi connectivity index (χ1) is 21.8. The van der Waals surface area contributed by atoms with Gasteiger partial charge < -0.3 is 29.3 Å². The van der Waals surface area contributed by atoms with Crippen molar-refractivity contribution in [2.45, 2.75) is 55.3 Å². The molecule has 3 fully saturated rings. The third-order valence-corrected chi connectivity index (χ3v) is 10.2. The van der Waals surface area contributed by atoms with E-state index in [0.717, 1.165) is 24.3 Å². The molecule has 0 radical (unpaired) electrons. The van der Waals surface area contributed by atoms with E-state index in [0.29, 0.717) is 18.5 Å². The molecular weight excluding hydrogens is 638 g/mol. The highest BCUT2D eigenvalue weighted by molar-refractivity contribution is 9.09. The van der Waals surface area contributed by atoms with E-state index in [1.54, 1.807) is 11.0 Å². The first-order valence-corrected chi connectivity index (χ1v) is 16.5. The van der Waals surface area contributed by atoms with Crippen molar-refractivity contribution in [2.75, 3.05) is 42.6 Å². The van der Waals surface area contributed by atoms with Crippen LogP contribution in [0.25, 0.3) is 0 Å². The van der Waals surface area contributed by atoms with Crippen molar-refractivity contribution in [1.29, 1.82) is 0 Å². The molecule has 3 aliphatic rings. The maximum absolute atomic E-state index is 14.9. The molecule has 1 spiro atoms. The molecule has 5 rings (SSSR count). The Hall–Kier alpha value is -3.47. The van der Waals surface area contributed by atoms with E-state index in [4.69, 9.17) is 9.47 Å². The second-order valence-corrected chi connectivity index (χ2v) is 13.0. The van der Waals surface area contributed by atoms with Gasteiger partial charge in [0.05, 0.1) is 30.6 Å². The minimum atomic E-state index is -1.30. The van der Waals surface area contributed by atoms with E-state index in [1.807, 2.05) is 54.6 Å². The number of alkyl halides is 1. The van der Waals surface area contributed by atoms with Gasteiger partial charge in [-0.2, -0.15) is 0 Å². The van der Waals surface area contributed by atoms with E-state index in [-0.39, 0.29) is 36.4 Å². The number of aliphatic hydroxyl groups is 1. The van der Waals surface area contributed by atoms with Gasteiger partial charge in [0.15, 0.2) is 0 Å². The van der Waals surface area contributed by atoms with Crippen LogP contribution in [-0.2, 0) is 30.3 Å². The molecule has 10 heteroatoms. The Bertz CT molecular complexity index is 1400. The number of anilines is 2. The predicted molar refractivity (Wildman–Crippen MR) is 177 cm³/mol. The molecule has 2 amide bonds. The van der Waals surface area contributed by atoms with E-state index in [9.17, 15) is 19.5 Å². The highest BCUT2D eigenvalue weighted by Crippen LogP contribution is 2.61. The molecular formula is C35H42BrN3O6. The molecule has 0 saturated carbocycles. The topological polar surface area (TPSA) is 99.6 Å². The summed E-state index contributed by atoms with van der Waals surface area (Å²) in [4.78, 5) is 48.0. The summed E-state index contributed by atoms with van der Waals surface area (Å²) in [5, 5.41) is 10.7. The maximum atomic E-state index is 14.9. The number of aliphatic hydroxyl groups excluding tert-OH is 1. The van der Waals surface area contributed by atoms with Gasteiger partial charge >= 0.3 is 5.97 Å². The van der Waals surface area contributed by atoms with E-state index >= 15 is 0 Å². The van der Waals surface area contributed by atoms with Crippen LogP contribution >= 0.6 is 15.9 Å². The minimum absolute atomic E-state index is 0.00113. The van der Waals surface area contributed by atoms with Gasteiger partial charge in [-0.3, -0.25) is 14.4 Å². The summed E-state index contributed by atoms with van der Waals surface area (Å²) in [6.45, 7) is 13.2. The highest BCUT2D eigenvalue weighted by atomic mass is 79.9. The molecule has 7 atom stereocenters. The third kappa shape index (κ3) is 5.84. The zero-order chi connectivity index (χ0) is 32.3. The lowest BCUT2D eigenvalue weighted by atomic mass is 9.70. The van der Waals surface area contributed by atoms with Crippen LogP contribution < -0.4 is 9.80 Å². The molecule has 1 N–H and O–H groups in total. The fourth-order valence-corrected chi connectivity index (χ4v) is 8.36. The van der Waals surface area contributed by atoms with Crippen molar-refractivity contribution < 1.29 is 29.0 Å². The number of benzene rings is 2. The quantitative estimate of drug-likeness (QED) is 0.182. The highest BCUT2D eigenvalue weighted by Gasteiger charge is 2.77. The number of carbonyl (C=O) groups is 3. The molecule has 0 aromatic heterocycles. The molecule has 2 aromatic carbocycles. The third-order valence-electron chi connectivity index (χ3n) is 9.36. The summed E-state index contributed by atoms with van der Waals surface area (Å²) in [6, 6.07) is 15.5. The van der Waals surface area contributed by atoms with Crippen LogP contribution in [0.2, 0.25) is 0 Å². The second kappa shape index (κ2) is 13.9. The monoisotopic (exact) mass is 679 g/mol. The Balaban J connectivity index is 1.59. The largest absolute Gasteiger partial charge is 0.461 e. The average Bonchev–Trinajstić information content (AvgIpc) is 3.65. The normalized spacial score (nSPS) is 27.2. The standard InChI is InChI=1S/C35H42BrN3O6/c1-5-18-38(25-16-14-24(15-17-25)37(7-3)8-4)33(42)31-35-21-27(36)30(45-35)28(34(43)44-19-6-2)29(35)32(41)39(31)26(22-40)20-23-12-10-9-11-13-23/h5-6,9-17,26-31,40H,1-2,7-8,18-22H2,3-4H3/t26-,27?,28-,29+,30-,31?,35?/m1/s1. The Morgan fingerprint density at radius 2 is 1.78 bits per heavy atom. The molecule has 240 valence electrons. The Morgan fingerprint density at radius 3 is 2.38 bits per heavy atom. The summed E-state index contributed by atoms with van der Waals surface area (Å²) in [5.41, 5.74) is 1.30. The maximum Gasteiger partial charge on any atom is 0.312 e. The molecule has 0 aliphatic carbocycles. The lowest BCUT2D eigenvalue weighted by molar-refractivity contribution is -0.154. The van der Waals surface area contributed by atoms with Crippen molar-refractivity contribution in [3.05, 3.63) is 85.5 Å². The van der Waals surface area contributed by atoms with Crippen LogP contribution in [0.3, 0.4) is 0 Å². The molecule has 3 aliphatic heterocycles. The van der Waals surface area contributed by atoms with Crippen LogP contribution in [0, 0.1) is 11.8 Å². The van der Waals surface area contributed by atoms with Crippen LogP contribution in [0.4, 0.5) is 11.4 Å². The smallest absolute Gasteiger partial charge is 0.312 e. The van der Waals surface area contributed by atoms with Gasteiger partial charge in [-0.1, -0.05) is 65.0 Å². The Kier molecular flexibility index (Phi) is 10.2. The summed E-state index contributed by atoms with van der Waals surface area (Å²) in [7, 11) is 0. The summed E-state index contributed by atoms with van der Waals surface area (Å²) >= 11 is 3.70. The number of nitrogens with zero attached hydrogens (tertiary/aromatic N) is 3. The lowest BCUT2D eigenvalue weighted by Gasteiger charge is -2.39. The number of hydrogen-bond donors (Lipinski definition) is 1. The van der Waals surface area contributed by atoms with Crippen LogP contribution in [0.15, 0.2) is 79.9 Å². The zero-order valence-electron chi connectivity index (χ0n) is 25.9. The van der Waals surface area contributed by atoms with Crippen molar-refractivity contribution in [3.63, 3.8) is 0 Å². The molecule has 3 unspecified atom stereocenters. The van der Waals surface area contributed by atoms with Crippen LogP contribution in [0.1, 0.15) is 25.8 Å². The van der Waals surface area contributed by atoms with Gasteiger partial charge in [-0.05, 0) is 56.5 Å². The van der Waals surface area contributed by atoms with Crippen molar-refractivity contribution >= 4 is 45.1 Å².